The standard InChI is InChI=1S/C23H17FN2O2/c1-15-4-2-5-16(10-15)8-9-17-11-19(14-25-13-17)21-22(28-23(27)26-21)18-6-3-7-20(24)12-18/h2-7,10-14,21-22H,1H3,(H,26,27)/t21-,22?/m1/s1. The number of hydrogen-bond acceptors (Lipinski definition) is 3. The molecule has 0 saturated carbocycles. The lowest BCUT2D eigenvalue weighted by molar-refractivity contribution is 0.132. The topological polar surface area (TPSA) is 51.2 Å². The van der Waals surface area contributed by atoms with Crippen LogP contribution in [0.25, 0.3) is 0 Å². The number of carbonyl (C=O) groups is 1. The van der Waals surface area contributed by atoms with E-state index < -0.39 is 18.2 Å². The van der Waals surface area contributed by atoms with Crippen molar-refractivity contribution in [2.45, 2.75) is 19.1 Å². The average molecular weight is 372 g/mol. The molecule has 1 aliphatic heterocycles. The lowest BCUT2D eigenvalue weighted by atomic mass is 9.97. The van der Waals surface area contributed by atoms with Crippen LogP contribution in [0.4, 0.5) is 9.18 Å². The number of aromatic nitrogens is 1. The first kappa shape index (κ1) is 17.7. The van der Waals surface area contributed by atoms with Gasteiger partial charge in [0.25, 0.3) is 0 Å². The van der Waals surface area contributed by atoms with Gasteiger partial charge in [-0.25, -0.2) is 9.18 Å². The Morgan fingerprint density at radius 3 is 2.64 bits per heavy atom. The van der Waals surface area contributed by atoms with Gasteiger partial charge in [0, 0.05) is 23.5 Å². The van der Waals surface area contributed by atoms with Gasteiger partial charge < -0.3 is 10.1 Å². The van der Waals surface area contributed by atoms with Crippen molar-refractivity contribution in [1.29, 1.82) is 0 Å². The third-order valence-electron chi connectivity index (χ3n) is 4.48. The van der Waals surface area contributed by atoms with Gasteiger partial charge in [-0.1, -0.05) is 36.1 Å². The number of ether oxygens (including phenoxy) is 1. The minimum Gasteiger partial charge on any atom is -0.439 e. The number of rotatable bonds is 2. The highest BCUT2D eigenvalue weighted by atomic mass is 19.1. The summed E-state index contributed by atoms with van der Waals surface area (Å²) in [7, 11) is 0. The van der Waals surface area contributed by atoms with Crippen molar-refractivity contribution in [3.05, 3.63) is 101 Å². The maximum absolute atomic E-state index is 13.6. The SMILES string of the molecule is Cc1cccc(C#Cc2cncc([C@H]3NC(=O)OC3c3cccc(F)c3)c2)c1. The van der Waals surface area contributed by atoms with Gasteiger partial charge in [-0.05, 0) is 53.9 Å². The quantitative estimate of drug-likeness (QED) is 0.676. The zero-order chi connectivity index (χ0) is 19.5. The molecule has 0 bridgehead atoms. The minimum atomic E-state index is -0.634. The Labute approximate surface area is 162 Å². The number of carbonyl (C=O) groups excluding carboxylic acids is 1. The molecule has 1 aliphatic rings. The molecule has 1 fully saturated rings. The Bertz CT molecular complexity index is 1100. The molecule has 0 spiro atoms. The molecule has 1 saturated heterocycles. The number of cyclic esters (lactones) is 1. The number of alkyl carbamates (subject to hydrolysis) is 1. The van der Waals surface area contributed by atoms with E-state index in [9.17, 15) is 9.18 Å². The number of hydrogen-bond donors (Lipinski definition) is 1. The number of nitrogens with one attached hydrogen (secondary N) is 1. The van der Waals surface area contributed by atoms with Gasteiger partial charge >= 0.3 is 6.09 Å². The van der Waals surface area contributed by atoms with E-state index in [-0.39, 0.29) is 5.82 Å². The average Bonchev–Trinajstić information content (AvgIpc) is 3.09. The van der Waals surface area contributed by atoms with Crippen LogP contribution in [0.3, 0.4) is 0 Å². The molecule has 1 unspecified atom stereocenters. The first-order valence-electron chi connectivity index (χ1n) is 8.85. The van der Waals surface area contributed by atoms with Crippen molar-refractivity contribution >= 4 is 6.09 Å². The normalized spacial score (nSPS) is 18.0. The first-order chi connectivity index (χ1) is 13.6. The molecule has 4 nitrogen and oxygen atoms in total. The predicted octanol–water partition coefficient (Wildman–Crippen LogP) is 4.45. The Balaban J connectivity index is 1.64. The van der Waals surface area contributed by atoms with Crippen LogP contribution in [0.5, 0.6) is 0 Å². The molecule has 0 aliphatic carbocycles. The van der Waals surface area contributed by atoms with E-state index in [1.54, 1.807) is 24.5 Å². The Kier molecular flexibility index (Phi) is 4.77. The summed E-state index contributed by atoms with van der Waals surface area (Å²) in [6.45, 7) is 2.02. The van der Waals surface area contributed by atoms with Gasteiger partial charge in [-0.2, -0.15) is 0 Å². The van der Waals surface area contributed by atoms with Crippen molar-refractivity contribution in [3.8, 4) is 11.8 Å². The van der Waals surface area contributed by atoms with Crippen molar-refractivity contribution in [3.63, 3.8) is 0 Å². The van der Waals surface area contributed by atoms with E-state index in [1.165, 1.54) is 12.1 Å². The predicted molar refractivity (Wildman–Crippen MR) is 103 cm³/mol. The molecular formula is C23H17FN2O2. The third-order valence-corrected chi connectivity index (χ3v) is 4.48. The van der Waals surface area contributed by atoms with Crippen LogP contribution in [0.1, 0.15) is 40.0 Å². The maximum atomic E-state index is 13.6. The number of pyridine rings is 1. The monoisotopic (exact) mass is 372 g/mol. The molecule has 1 aromatic heterocycles. The van der Waals surface area contributed by atoms with Gasteiger partial charge in [-0.3, -0.25) is 4.98 Å². The second kappa shape index (κ2) is 7.53. The van der Waals surface area contributed by atoms with E-state index in [1.807, 2.05) is 37.3 Å². The Hall–Kier alpha value is -3.65. The molecule has 0 radical (unpaired) electrons. The van der Waals surface area contributed by atoms with Crippen LogP contribution in [0, 0.1) is 24.6 Å². The lowest BCUT2D eigenvalue weighted by Crippen LogP contribution is -2.19. The number of amides is 1. The van der Waals surface area contributed by atoms with Crippen molar-refractivity contribution in [2.75, 3.05) is 0 Å². The summed E-state index contributed by atoms with van der Waals surface area (Å²) in [5.41, 5.74) is 4.11. The number of benzene rings is 2. The van der Waals surface area contributed by atoms with Gasteiger partial charge in [-0.15, -0.1) is 0 Å². The zero-order valence-electron chi connectivity index (χ0n) is 15.1. The largest absolute Gasteiger partial charge is 0.439 e. The highest BCUT2D eigenvalue weighted by Gasteiger charge is 2.36. The summed E-state index contributed by atoms with van der Waals surface area (Å²) in [5.74, 6) is 5.84. The first-order valence-corrected chi connectivity index (χ1v) is 8.85. The molecular weight excluding hydrogens is 355 g/mol. The van der Waals surface area contributed by atoms with Crippen molar-refractivity contribution in [1.82, 2.24) is 10.3 Å². The maximum Gasteiger partial charge on any atom is 0.408 e. The molecule has 2 atom stereocenters. The van der Waals surface area contributed by atoms with Crippen LogP contribution in [0.15, 0.2) is 67.0 Å². The number of nitrogens with zero attached hydrogens (tertiary/aromatic N) is 1. The summed E-state index contributed by atoms with van der Waals surface area (Å²) in [6.07, 6.45) is 2.14. The molecule has 1 N–H and O–H groups in total. The van der Waals surface area contributed by atoms with Gasteiger partial charge in [0.2, 0.25) is 0 Å². The van der Waals surface area contributed by atoms with Crippen LogP contribution < -0.4 is 5.32 Å². The minimum absolute atomic E-state index is 0.380. The molecule has 138 valence electrons. The summed E-state index contributed by atoms with van der Waals surface area (Å²) in [5, 5.41) is 2.77. The highest BCUT2D eigenvalue weighted by molar-refractivity contribution is 5.71. The molecule has 4 rings (SSSR count). The number of aryl methyl sites for hydroxylation is 1. The van der Waals surface area contributed by atoms with Gasteiger partial charge in [0.15, 0.2) is 6.10 Å². The van der Waals surface area contributed by atoms with E-state index in [2.05, 4.69) is 22.1 Å². The Morgan fingerprint density at radius 2 is 1.82 bits per heavy atom. The summed E-state index contributed by atoms with van der Waals surface area (Å²) < 4.78 is 19.0. The lowest BCUT2D eigenvalue weighted by Gasteiger charge is -2.17. The van der Waals surface area contributed by atoms with Gasteiger partial charge in [0.1, 0.15) is 11.9 Å². The molecule has 5 heteroatoms. The zero-order valence-corrected chi connectivity index (χ0v) is 15.1. The van der Waals surface area contributed by atoms with Crippen molar-refractivity contribution < 1.29 is 13.9 Å². The highest BCUT2D eigenvalue weighted by Crippen LogP contribution is 2.36. The fourth-order valence-corrected chi connectivity index (χ4v) is 3.19. The third kappa shape index (κ3) is 3.86. The molecule has 1 amide bonds. The van der Waals surface area contributed by atoms with Crippen LogP contribution in [-0.4, -0.2) is 11.1 Å². The van der Waals surface area contributed by atoms with Crippen LogP contribution in [-0.2, 0) is 4.74 Å². The molecule has 28 heavy (non-hydrogen) atoms. The molecule has 2 aromatic carbocycles. The smallest absolute Gasteiger partial charge is 0.408 e. The summed E-state index contributed by atoms with van der Waals surface area (Å²) in [4.78, 5) is 16.1. The van der Waals surface area contributed by atoms with E-state index in [0.29, 0.717) is 5.56 Å². The van der Waals surface area contributed by atoms with Crippen LogP contribution >= 0.6 is 0 Å². The molecule has 2 heterocycles. The number of halogens is 1. The Morgan fingerprint density at radius 1 is 1.00 bits per heavy atom. The second-order valence-corrected chi connectivity index (χ2v) is 6.63. The van der Waals surface area contributed by atoms with E-state index in [4.69, 9.17) is 4.74 Å². The van der Waals surface area contributed by atoms with Crippen LogP contribution in [0.2, 0.25) is 0 Å². The van der Waals surface area contributed by atoms with E-state index in [0.717, 1.165) is 22.3 Å². The van der Waals surface area contributed by atoms with Crippen molar-refractivity contribution in [2.24, 2.45) is 0 Å². The summed E-state index contributed by atoms with van der Waals surface area (Å²) >= 11 is 0. The fourth-order valence-electron chi connectivity index (χ4n) is 3.19. The second-order valence-electron chi connectivity index (χ2n) is 6.63. The van der Waals surface area contributed by atoms with E-state index >= 15 is 0 Å². The molecule has 3 aromatic rings. The summed E-state index contributed by atoms with van der Waals surface area (Å²) in [6, 6.07) is 15.4. The fraction of sp³-hybridized carbons (Fsp3) is 0.130. The van der Waals surface area contributed by atoms with Gasteiger partial charge in [0.05, 0.1) is 0 Å².